The number of benzene rings is 1. The van der Waals surface area contributed by atoms with E-state index in [0.717, 1.165) is 60.8 Å². The Morgan fingerprint density at radius 1 is 1.19 bits per heavy atom. The lowest BCUT2D eigenvalue weighted by Gasteiger charge is -2.35. The predicted octanol–water partition coefficient (Wildman–Crippen LogP) is 5.79. The zero-order chi connectivity index (χ0) is 22.7. The van der Waals surface area contributed by atoms with Gasteiger partial charge in [-0.15, -0.1) is 11.8 Å². The highest BCUT2D eigenvalue weighted by Gasteiger charge is 2.28. The van der Waals surface area contributed by atoms with Crippen molar-refractivity contribution < 1.29 is 14.2 Å². The lowest BCUT2D eigenvalue weighted by Crippen LogP contribution is -2.40. The molecule has 0 saturated carbocycles. The van der Waals surface area contributed by atoms with Crippen LogP contribution in [0.5, 0.6) is 11.5 Å². The predicted molar refractivity (Wildman–Crippen MR) is 132 cm³/mol. The molecule has 1 aliphatic heterocycles. The molecule has 0 bridgehead atoms. The molecule has 1 aliphatic rings. The Bertz CT molecular complexity index is 1060. The number of thioether (sulfide) groups is 1. The van der Waals surface area contributed by atoms with Gasteiger partial charge in [-0.1, -0.05) is 24.6 Å². The minimum Gasteiger partial charge on any atom is -0.496 e. The maximum absolute atomic E-state index is 6.30. The van der Waals surface area contributed by atoms with Gasteiger partial charge in [0.1, 0.15) is 16.5 Å². The number of ether oxygens (including phenoxy) is 3. The van der Waals surface area contributed by atoms with E-state index < -0.39 is 0 Å². The number of fused-ring (bicyclic) bond motifs is 1. The molecule has 8 heteroatoms. The van der Waals surface area contributed by atoms with Crippen molar-refractivity contribution in [2.24, 2.45) is 0 Å². The number of halogens is 1. The fourth-order valence-electron chi connectivity index (χ4n) is 4.48. The number of aromatic nitrogens is 2. The Balaban J connectivity index is 1.94. The molecule has 0 N–H and O–H groups in total. The zero-order valence-electron chi connectivity index (χ0n) is 19.1. The second kappa shape index (κ2) is 10.2. The van der Waals surface area contributed by atoms with Crippen LogP contribution in [0.4, 0.5) is 5.69 Å². The largest absolute Gasteiger partial charge is 0.496 e. The zero-order valence-corrected chi connectivity index (χ0v) is 20.6. The molecule has 3 aromatic rings. The van der Waals surface area contributed by atoms with Gasteiger partial charge in [0, 0.05) is 30.8 Å². The second-order valence-corrected chi connectivity index (χ2v) is 9.02. The molecule has 0 aliphatic carbocycles. The second-order valence-electron chi connectivity index (χ2n) is 7.79. The Labute approximate surface area is 198 Å². The van der Waals surface area contributed by atoms with Gasteiger partial charge in [-0.2, -0.15) is 5.10 Å². The minimum atomic E-state index is 0.450. The van der Waals surface area contributed by atoms with Crippen LogP contribution in [-0.4, -0.2) is 55.9 Å². The molecule has 1 saturated heterocycles. The summed E-state index contributed by atoms with van der Waals surface area (Å²) in [4.78, 5) is 2.54. The molecule has 0 amide bonds. The van der Waals surface area contributed by atoms with E-state index in [1.165, 1.54) is 5.69 Å². The van der Waals surface area contributed by atoms with Crippen LogP contribution in [0, 0.1) is 0 Å². The van der Waals surface area contributed by atoms with E-state index in [1.807, 2.05) is 22.7 Å². The van der Waals surface area contributed by atoms with Gasteiger partial charge in [0.25, 0.3) is 0 Å². The summed E-state index contributed by atoms with van der Waals surface area (Å²) in [5.41, 5.74) is 4.00. The van der Waals surface area contributed by atoms with E-state index in [4.69, 9.17) is 30.9 Å². The van der Waals surface area contributed by atoms with Gasteiger partial charge >= 0.3 is 0 Å². The molecule has 172 valence electrons. The fourth-order valence-corrected chi connectivity index (χ4v) is 5.26. The number of hydrogen-bond acceptors (Lipinski definition) is 6. The highest BCUT2D eigenvalue weighted by Crippen LogP contribution is 2.43. The van der Waals surface area contributed by atoms with Gasteiger partial charge < -0.3 is 19.1 Å². The van der Waals surface area contributed by atoms with Gasteiger partial charge in [0.05, 0.1) is 36.7 Å². The SMILES string of the molecule is CCCN(c1c(SC)nn2c(-c3c(OC)cc(Cl)cc3OC)cccc12)C1CCOCC1. The molecule has 1 aromatic carbocycles. The van der Waals surface area contributed by atoms with Gasteiger partial charge in [0.15, 0.2) is 0 Å². The molecule has 3 heterocycles. The topological polar surface area (TPSA) is 48.2 Å². The molecule has 0 atom stereocenters. The molecular weight excluding hydrogens is 446 g/mol. The first-order valence-electron chi connectivity index (χ1n) is 10.9. The van der Waals surface area contributed by atoms with Crippen molar-refractivity contribution in [3.63, 3.8) is 0 Å². The van der Waals surface area contributed by atoms with E-state index in [9.17, 15) is 0 Å². The molecule has 4 rings (SSSR count). The summed E-state index contributed by atoms with van der Waals surface area (Å²) < 4.78 is 19.0. The quantitative estimate of drug-likeness (QED) is 0.384. The highest BCUT2D eigenvalue weighted by atomic mass is 35.5. The normalized spacial score (nSPS) is 14.7. The molecule has 2 aromatic heterocycles. The Hall–Kier alpha value is -2.09. The number of hydrogen-bond donors (Lipinski definition) is 0. The summed E-state index contributed by atoms with van der Waals surface area (Å²) in [6, 6.07) is 10.3. The van der Waals surface area contributed by atoms with Crippen LogP contribution in [0.3, 0.4) is 0 Å². The van der Waals surface area contributed by atoms with Crippen molar-refractivity contribution in [3.05, 3.63) is 35.4 Å². The van der Waals surface area contributed by atoms with E-state index in [-0.39, 0.29) is 0 Å². The molecule has 6 nitrogen and oxygen atoms in total. The van der Waals surface area contributed by atoms with Crippen molar-refractivity contribution in [3.8, 4) is 22.8 Å². The van der Waals surface area contributed by atoms with Crippen LogP contribution in [-0.2, 0) is 4.74 Å². The summed E-state index contributed by atoms with van der Waals surface area (Å²) in [7, 11) is 3.29. The number of pyridine rings is 1. The van der Waals surface area contributed by atoms with Crippen LogP contribution in [0.15, 0.2) is 35.4 Å². The average molecular weight is 476 g/mol. The van der Waals surface area contributed by atoms with Crippen molar-refractivity contribution in [2.75, 3.05) is 45.1 Å². The molecule has 32 heavy (non-hydrogen) atoms. The van der Waals surface area contributed by atoms with Crippen LogP contribution in [0.25, 0.3) is 16.8 Å². The molecule has 0 unspecified atom stereocenters. The molecule has 0 spiro atoms. The first kappa shape index (κ1) is 23.1. The van der Waals surface area contributed by atoms with Crippen LogP contribution in [0.1, 0.15) is 26.2 Å². The Morgan fingerprint density at radius 2 is 1.88 bits per heavy atom. The minimum absolute atomic E-state index is 0.450. The number of rotatable bonds is 8. The summed E-state index contributed by atoms with van der Waals surface area (Å²) >= 11 is 7.97. The summed E-state index contributed by atoms with van der Waals surface area (Å²) in [5.74, 6) is 1.30. The van der Waals surface area contributed by atoms with Crippen molar-refractivity contribution in [1.82, 2.24) is 9.61 Å². The number of methoxy groups -OCH3 is 2. The third-order valence-corrected chi connectivity index (χ3v) is 6.78. The summed E-state index contributed by atoms with van der Waals surface area (Å²) in [6.45, 7) is 4.83. The van der Waals surface area contributed by atoms with E-state index in [1.54, 1.807) is 26.0 Å². The van der Waals surface area contributed by atoms with Gasteiger partial charge in [-0.25, -0.2) is 4.52 Å². The van der Waals surface area contributed by atoms with E-state index >= 15 is 0 Å². The Kier molecular flexibility index (Phi) is 7.38. The van der Waals surface area contributed by atoms with Gasteiger partial charge in [-0.05, 0) is 49.8 Å². The first-order valence-corrected chi connectivity index (χ1v) is 12.5. The summed E-state index contributed by atoms with van der Waals surface area (Å²) in [6.07, 6.45) is 5.22. The summed E-state index contributed by atoms with van der Waals surface area (Å²) in [5, 5.41) is 6.62. The number of anilines is 1. The van der Waals surface area contributed by atoms with Crippen LogP contribution < -0.4 is 14.4 Å². The third-order valence-electron chi connectivity index (χ3n) is 5.90. The molecule has 1 fully saturated rings. The van der Waals surface area contributed by atoms with Crippen molar-refractivity contribution >= 4 is 34.6 Å². The monoisotopic (exact) mass is 475 g/mol. The van der Waals surface area contributed by atoms with Gasteiger partial charge in [-0.3, -0.25) is 0 Å². The lowest BCUT2D eigenvalue weighted by atomic mass is 10.1. The molecular formula is C24H30ClN3O3S. The fraction of sp³-hybridized carbons (Fsp3) is 0.458. The third kappa shape index (κ3) is 4.26. The maximum Gasteiger partial charge on any atom is 0.142 e. The Morgan fingerprint density at radius 3 is 2.47 bits per heavy atom. The van der Waals surface area contributed by atoms with Crippen molar-refractivity contribution in [2.45, 2.75) is 37.3 Å². The average Bonchev–Trinajstić information content (AvgIpc) is 3.21. The highest BCUT2D eigenvalue weighted by molar-refractivity contribution is 7.98. The van der Waals surface area contributed by atoms with Crippen LogP contribution in [0.2, 0.25) is 5.02 Å². The van der Waals surface area contributed by atoms with Gasteiger partial charge in [0.2, 0.25) is 0 Å². The number of nitrogens with zero attached hydrogens (tertiary/aromatic N) is 3. The lowest BCUT2D eigenvalue weighted by molar-refractivity contribution is 0.0844. The first-order chi connectivity index (χ1) is 15.6. The van der Waals surface area contributed by atoms with Crippen molar-refractivity contribution in [1.29, 1.82) is 0 Å². The standard InChI is InChI=1S/C24H30ClN3O3S/c1-5-11-27(17-9-12-31-13-10-17)23-19-8-6-7-18(28(19)26-24(23)32-4)22-20(29-2)14-16(25)15-21(22)30-3/h6-8,14-15,17H,5,9-13H2,1-4H3. The smallest absolute Gasteiger partial charge is 0.142 e. The maximum atomic E-state index is 6.30. The van der Waals surface area contributed by atoms with Crippen LogP contribution >= 0.6 is 23.4 Å². The van der Waals surface area contributed by atoms with E-state index in [2.05, 4.69) is 30.2 Å². The van der Waals surface area contributed by atoms with E-state index in [0.29, 0.717) is 22.6 Å². The molecule has 0 radical (unpaired) electrons.